The highest BCUT2D eigenvalue weighted by molar-refractivity contribution is 14.1. The Hall–Kier alpha value is -0.590. The number of nitrogens with zero attached hydrogens (tertiary/aromatic N) is 2. The number of rotatable bonds is 3. The van der Waals surface area contributed by atoms with E-state index in [1.54, 1.807) is 19.2 Å². The smallest absolute Gasteiger partial charge is 0.164 e. The van der Waals surface area contributed by atoms with Crippen LogP contribution in [0.1, 0.15) is 24.5 Å². The van der Waals surface area contributed by atoms with E-state index in [4.69, 9.17) is 27.9 Å². The van der Waals surface area contributed by atoms with Crippen molar-refractivity contribution in [3.63, 3.8) is 0 Å². The monoisotopic (exact) mass is 420 g/mol. The van der Waals surface area contributed by atoms with Gasteiger partial charge in [0.1, 0.15) is 10.9 Å². The maximum absolute atomic E-state index is 6.24. The SMILES string of the molecule is COc1cc(Cl)ccc1-c1nc(Cl)c(I)c(C2CC2)n1. The van der Waals surface area contributed by atoms with Gasteiger partial charge in [-0.3, -0.25) is 0 Å². The fraction of sp³-hybridized carbons (Fsp3) is 0.286. The first kappa shape index (κ1) is 14.4. The summed E-state index contributed by atoms with van der Waals surface area (Å²) in [5, 5.41) is 1.11. The molecule has 0 spiro atoms. The second kappa shape index (κ2) is 5.66. The fourth-order valence-corrected chi connectivity index (χ4v) is 3.05. The number of hydrogen-bond acceptors (Lipinski definition) is 3. The third kappa shape index (κ3) is 2.73. The first-order chi connectivity index (χ1) is 9.60. The molecular formula is C14H11Cl2IN2O. The molecule has 1 aliphatic carbocycles. The van der Waals surface area contributed by atoms with Gasteiger partial charge in [-0.25, -0.2) is 9.97 Å². The summed E-state index contributed by atoms with van der Waals surface area (Å²) in [6, 6.07) is 5.41. The van der Waals surface area contributed by atoms with Gasteiger partial charge >= 0.3 is 0 Å². The highest BCUT2D eigenvalue weighted by Gasteiger charge is 2.29. The van der Waals surface area contributed by atoms with Gasteiger partial charge in [0.2, 0.25) is 0 Å². The Kier molecular flexibility index (Phi) is 4.06. The topological polar surface area (TPSA) is 35.0 Å². The summed E-state index contributed by atoms with van der Waals surface area (Å²) < 4.78 is 6.30. The van der Waals surface area contributed by atoms with Gasteiger partial charge in [0.05, 0.1) is 21.9 Å². The van der Waals surface area contributed by atoms with Crippen LogP contribution < -0.4 is 4.74 Å². The average molecular weight is 421 g/mol. The van der Waals surface area contributed by atoms with Crippen LogP contribution in [-0.4, -0.2) is 17.1 Å². The highest BCUT2D eigenvalue weighted by atomic mass is 127. The summed E-state index contributed by atoms with van der Waals surface area (Å²) in [5.41, 5.74) is 1.84. The molecule has 104 valence electrons. The minimum absolute atomic E-state index is 0.495. The molecule has 1 fully saturated rings. The second-order valence-electron chi connectivity index (χ2n) is 4.66. The summed E-state index contributed by atoms with van der Waals surface area (Å²) in [7, 11) is 1.60. The lowest BCUT2D eigenvalue weighted by atomic mass is 10.1. The number of ether oxygens (including phenoxy) is 1. The standard InChI is InChI=1S/C14H11Cl2IN2O/c1-20-10-6-8(15)4-5-9(10)14-18-12(7-2-3-7)11(17)13(16)19-14/h4-7H,2-3H2,1H3. The van der Waals surface area contributed by atoms with Gasteiger partial charge in [0.15, 0.2) is 5.82 Å². The molecule has 1 aromatic carbocycles. The molecule has 0 unspecified atom stereocenters. The van der Waals surface area contributed by atoms with Crippen molar-refractivity contribution in [2.24, 2.45) is 0 Å². The number of hydrogen-bond donors (Lipinski definition) is 0. The zero-order valence-electron chi connectivity index (χ0n) is 10.7. The number of benzene rings is 1. The van der Waals surface area contributed by atoms with Crippen molar-refractivity contribution >= 4 is 45.8 Å². The minimum atomic E-state index is 0.495. The highest BCUT2D eigenvalue weighted by Crippen LogP contribution is 2.43. The zero-order chi connectivity index (χ0) is 14.3. The Bertz CT molecular complexity index is 674. The fourth-order valence-electron chi connectivity index (χ4n) is 2.03. The molecule has 0 aliphatic heterocycles. The molecule has 2 aromatic rings. The van der Waals surface area contributed by atoms with Crippen LogP contribution >= 0.6 is 45.8 Å². The average Bonchev–Trinajstić information content (AvgIpc) is 3.26. The quantitative estimate of drug-likeness (QED) is 0.521. The molecular weight excluding hydrogens is 410 g/mol. The first-order valence-electron chi connectivity index (χ1n) is 6.17. The Morgan fingerprint density at radius 2 is 2.00 bits per heavy atom. The van der Waals surface area contributed by atoms with E-state index in [0.29, 0.717) is 27.7 Å². The van der Waals surface area contributed by atoms with Crippen LogP contribution in [0, 0.1) is 3.57 Å². The third-order valence-corrected chi connectivity index (χ3v) is 5.10. The molecule has 1 aliphatic rings. The first-order valence-corrected chi connectivity index (χ1v) is 8.00. The van der Waals surface area contributed by atoms with Crippen molar-refractivity contribution in [2.75, 3.05) is 7.11 Å². The van der Waals surface area contributed by atoms with E-state index in [2.05, 4.69) is 32.6 Å². The molecule has 0 saturated heterocycles. The summed E-state index contributed by atoms with van der Waals surface area (Å²) in [6.45, 7) is 0. The van der Waals surface area contributed by atoms with Crippen molar-refractivity contribution in [2.45, 2.75) is 18.8 Å². The number of halogens is 3. The van der Waals surface area contributed by atoms with Gasteiger partial charge in [0, 0.05) is 10.9 Å². The van der Waals surface area contributed by atoms with Crippen molar-refractivity contribution in [3.05, 3.63) is 37.6 Å². The van der Waals surface area contributed by atoms with Gasteiger partial charge in [-0.15, -0.1) is 0 Å². The predicted molar refractivity (Wildman–Crippen MR) is 88.7 cm³/mol. The molecule has 0 N–H and O–H groups in total. The van der Waals surface area contributed by atoms with Crippen LogP contribution in [-0.2, 0) is 0 Å². The zero-order valence-corrected chi connectivity index (χ0v) is 14.3. The van der Waals surface area contributed by atoms with Gasteiger partial charge in [-0.2, -0.15) is 0 Å². The second-order valence-corrected chi connectivity index (χ2v) is 6.53. The maximum atomic E-state index is 6.24. The largest absolute Gasteiger partial charge is 0.496 e. The normalized spacial score (nSPS) is 14.4. The lowest BCUT2D eigenvalue weighted by molar-refractivity contribution is 0.416. The molecule has 0 amide bonds. The molecule has 3 nitrogen and oxygen atoms in total. The molecule has 1 heterocycles. The molecule has 0 radical (unpaired) electrons. The van der Waals surface area contributed by atoms with E-state index < -0.39 is 0 Å². The lowest BCUT2D eigenvalue weighted by Gasteiger charge is -2.11. The van der Waals surface area contributed by atoms with Gasteiger partial charge in [-0.05, 0) is 53.6 Å². The molecule has 0 atom stereocenters. The van der Waals surface area contributed by atoms with Crippen LogP contribution in [0.25, 0.3) is 11.4 Å². The minimum Gasteiger partial charge on any atom is -0.496 e. The van der Waals surface area contributed by atoms with Crippen LogP contribution in [0.2, 0.25) is 10.2 Å². The Labute approximate surface area is 140 Å². The van der Waals surface area contributed by atoms with E-state index in [-0.39, 0.29) is 0 Å². The predicted octanol–water partition coefficient (Wildman–Crippen LogP) is 4.94. The number of aromatic nitrogens is 2. The lowest BCUT2D eigenvalue weighted by Crippen LogP contribution is -2.00. The van der Waals surface area contributed by atoms with Crippen LogP contribution in [0.3, 0.4) is 0 Å². The van der Waals surface area contributed by atoms with Gasteiger partial charge < -0.3 is 4.74 Å². The molecule has 0 bridgehead atoms. The van der Waals surface area contributed by atoms with E-state index in [9.17, 15) is 0 Å². The van der Waals surface area contributed by atoms with E-state index in [1.807, 2.05) is 6.07 Å². The molecule has 1 aromatic heterocycles. The van der Waals surface area contributed by atoms with E-state index in [1.165, 1.54) is 12.8 Å². The van der Waals surface area contributed by atoms with Crippen molar-refractivity contribution in [1.29, 1.82) is 0 Å². The molecule has 6 heteroatoms. The van der Waals surface area contributed by atoms with E-state index >= 15 is 0 Å². The molecule has 20 heavy (non-hydrogen) atoms. The Balaban J connectivity index is 2.15. The van der Waals surface area contributed by atoms with Crippen LogP contribution in [0.5, 0.6) is 5.75 Å². The summed E-state index contributed by atoms with van der Waals surface area (Å²) in [6.07, 6.45) is 2.33. The Morgan fingerprint density at radius 1 is 1.25 bits per heavy atom. The summed E-state index contributed by atoms with van der Waals surface area (Å²) >= 11 is 14.4. The Morgan fingerprint density at radius 3 is 2.65 bits per heavy atom. The maximum Gasteiger partial charge on any atom is 0.164 e. The van der Waals surface area contributed by atoms with Crippen molar-refractivity contribution < 1.29 is 4.74 Å². The molecule has 3 rings (SSSR count). The van der Waals surface area contributed by atoms with Gasteiger partial charge in [-0.1, -0.05) is 23.2 Å². The van der Waals surface area contributed by atoms with E-state index in [0.717, 1.165) is 14.8 Å². The molecule has 1 saturated carbocycles. The summed E-state index contributed by atoms with van der Waals surface area (Å²) in [4.78, 5) is 9.05. The van der Waals surface area contributed by atoms with Crippen LogP contribution in [0.15, 0.2) is 18.2 Å². The van der Waals surface area contributed by atoms with Crippen molar-refractivity contribution in [1.82, 2.24) is 9.97 Å². The van der Waals surface area contributed by atoms with Crippen molar-refractivity contribution in [3.8, 4) is 17.1 Å². The van der Waals surface area contributed by atoms with Crippen LogP contribution in [0.4, 0.5) is 0 Å². The van der Waals surface area contributed by atoms with Gasteiger partial charge in [0.25, 0.3) is 0 Å². The summed E-state index contributed by atoms with van der Waals surface area (Å²) in [5.74, 6) is 1.75. The number of methoxy groups -OCH3 is 1. The third-order valence-electron chi connectivity index (χ3n) is 3.20.